The predicted molar refractivity (Wildman–Crippen MR) is 101 cm³/mol. The van der Waals surface area contributed by atoms with E-state index >= 15 is 0 Å². The maximum atomic E-state index is 12.1. The molecular formula is C21H16N2O3. The molecular weight excluding hydrogens is 328 g/mol. The van der Waals surface area contributed by atoms with Gasteiger partial charge in [0.25, 0.3) is 5.91 Å². The molecule has 128 valence electrons. The van der Waals surface area contributed by atoms with Crippen LogP contribution in [-0.2, 0) is 0 Å². The van der Waals surface area contributed by atoms with Crippen LogP contribution in [0.4, 0.5) is 0 Å². The molecule has 5 nitrogen and oxygen atoms in total. The molecule has 0 aliphatic rings. The van der Waals surface area contributed by atoms with Gasteiger partial charge in [-0.3, -0.25) is 4.79 Å². The Morgan fingerprint density at radius 3 is 2.73 bits per heavy atom. The molecule has 0 saturated heterocycles. The first-order valence-corrected chi connectivity index (χ1v) is 7.90. The van der Waals surface area contributed by atoms with E-state index in [-0.39, 0.29) is 17.9 Å². The summed E-state index contributed by atoms with van der Waals surface area (Å²) in [7, 11) is 0. The van der Waals surface area contributed by atoms with Crippen molar-refractivity contribution in [3.8, 4) is 23.8 Å². The van der Waals surface area contributed by atoms with E-state index < -0.39 is 5.91 Å². The number of phenols is 1. The number of carbonyl (C=O) groups is 1. The Kier molecular flexibility index (Phi) is 5.16. The zero-order valence-electron chi connectivity index (χ0n) is 13.8. The summed E-state index contributed by atoms with van der Waals surface area (Å²) in [6, 6.07) is 17.7. The number of ether oxygens (including phenoxy) is 1. The number of hydrogen-bond donors (Lipinski definition) is 2. The van der Waals surface area contributed by atoms with Crippen LogP contribution >= 0.6 is 0 Å². The third-order valence-electron chi connectivity index (χ3n) is 3.75. The average Bonchev–Trinajstić information content (AvgIpc) is 2.67. The number of rotatable bonds is 5. The molecule has 0 unspecified atom stereocenters. The maximum absolute atomic E-state index is 12.1. The summed E-state index contributed by atoms with van der Waals surface area (Å²) < 4.78 is 5.58. The number of benzene rings is 3. The topological polar surface area (TPSA) is 70.9 Å². The van der Waals surface area contributed by atoms with Gasteiger partial charge in [-0.05, 0) is 29.0 Å². The summed E-state index contributed by atoms with van der Waals surface area (Å²) in [5.74, 6) is 2.38. The quantitative estimate of drug-likeness (QED) is 0.424. The molecule has 0 heterocycles. The van der Waals surface area contributed by atoms with Gasteiger partial charge in [-0.2, -0.15) is 5.10 Å². The smallest absolute Gasteiger partial charge is 0.275 e. The van der Waals surface area contributed by atoms with Gasteiger partial charge in [0.15, 0.2) is 0 Å². The highest BCUT2D eigenvalue weighted by Gasteiger charge is 2.10. The summed E-state index contributed by atoms with van der Waals surface area (Å²) >= 11 is 0. The lowest BCUT2D eigenvalue weighted by atomic mass is 10.0. The van der Waals surface area contributed by atoms with E-state index in [4.69, 9.17) is 11.2 Å². The Labute approximate surface area is 150 Å². The number of terminal acetylenes is 1. The third kappa shape index (κ3) is 3.65. The van der Waals surface area contributed by atoms with Gasteiger partial charge in [0, 0.05) is 5.56 Å². The number of carbonyl (C=O) groups excluding carboxylic acids is 1. The SMILES string of the molecule is C#CCOc1ccc2ccccc2c1/C=N/NC(=O)c1ccccc1O. The molecule has 0 atom stereocenters. The van der Waals surface area contributed by atoms with Crippen LogP contribution in [0.3, 0.4) is 0 Å². The van der Waals surface area contributed by atoms with Crippen LogP contribution in [0, 0.1) is 12.3 Å². The van der Waals surface area contributed by atoms with E-state index in [1.54, 1.807) is 12.1 Å². The molecule has 26 heavy (non-hydrogen) atoms. The lowest BCUT2D eigenvalue weighted by Gasteiger charge is -2.10. The summed E-state index contributed by atoms with van der Waals surface area (Å²) in [6.45, 7) is 0.128. The molecule has 0 bridgehead atoms. The van der Waals surface area contributed by atoms with E-state index in [1.807, 2.05) is 36.4 Å². The number of nitrogens with one attached hydrogen (secondary N) is 1. The van der Waals surface area contributed by atoms with Gasteiger partial charge in [0.1, 0.15) is 18.1 Å². The summed E-state index contributed by atoms with van der Waals surface area (Å²) in [5.41, 5.74) is 3.26. The zero-order valence-corrected chi connectivity index (χ0v) is 13.8. The van der Waals surface area contributed by atoms with Gasteiger partial charge in [0.2, 0.25) is 0 Å². The summed E-state index contributed by atoms with van der Waals surface area (Å²) in [4.78, 5) is 12.1. The van der Waals surface area contributed by atoms with Crippen molar-refractivity contribution < 1.29 is 14.6 Å². The number of amides is 1. The van der Waals surface area contributed by atoms with Crippen LogP contribution in [0.2, 0.25) is 0 Å². The number of para-hydroxylation sites is 1. The Balaban J connectivity index is 1.89. The van der Waals surface area contributed by atoms with E-state index in [0.29, 0.717) is 11.3 Å². The molecule has 0 fully saturated rings. The van der Waals surface area contributed by atoms with Gasteiger partial charge >= 0.3 is 0 Å². The van der Waals surface area contributed by atoms with Crippen molar-refractivity contribution in [1.29, 1.82) is 0 Å². The number of fused-ring (bicyclic) bond motifs is 1. The minimum Gasteiger partial charge on any atom is -0.507 e. The Bertz CT molecular complexity index is 1020. The van der Waals surface area contributed by atoms with E-state index in [9.17, 15) is 9.90 Å². The van der Waals surface area contributed by atoms with Crippen molar-refractivity contribution in [1.82, 2.24) is 5.43 Å². The van der Waals surface area contributed by atoms with Gasteiger partial charge in [-0.25, -0.2) is 5.43 Å². The van der Waals surface area contributed by atoms with Gasteiger partial charge < -0.3 is 9.84 Å². The molecule has 0 saturated carbocycles. The monoisotopic (exact) mass is 344 g/mol. The minimum atomic E-state index is -0.509. The summed E-state index contributed by atoms with van der Waals surface area (Å²) in [6.07, 6.45) is 6.77. The molecule has 5 heteroatoms. The molecule has 0 aromatic heterocycles. The van der Waals surface area contributed by atoms with E-state index in [0.717, 1.165) is 10.8 Å². The fourth-order valence-electron chi connectivity index (χ4n) is 2.54. The Hall–Kier alpha value is -3.78. The van der Waals surface area contributed by atoms with E-state index in [1.165, 1.54) is 18.3 Å². The minimum absolute atomic E-state index is 0.108. The van der Waals surface area contributed by atoms with Crippen LogP contribution < -0.4 is 10.2 Å². The predicted octanol–water partition coefficient (Wildman–Crippen LogP) is 3.32. The first-order valence-electron chi connectivity index (χ1n) is 7.90. The number of nitrogens with zero attached hydrogens (tertiary/aromatic N) is 1. The van der Waals surface area contributed by atoms with E-state index in [2.05, 4.69) is 16.4 Å². The van der Waals surface area contributed by atoms with Crippen molar-refractivity contribution in [2.24, 2.45) is 5.10 Å². The first-order chi connectivity index (χ1) is 12.7. The fraction of sp³-hybridized carbons (Fsp3) is 0.0476. The van der Waals surface area contributed by atoms with Crippen LogP contribution in [-0.4, -0.2) is 23.8 Å². The standard InChI is InChI=1S/C21H16N2O3/c1-2-13-26-20-12-11-15-7-3-4-8-16(15)18(20)14-22-23-21(25)17-9-5-6-10-19(17)24/h1,3-12,14,24H,13H2,(H,23,25)/b22-14+. The second kappa shape index (κ2) is 7.86. The maximum Gasteiger partial charge on any atom is 0.275 e. The van der Waals surface area contributed by atoms with Gasteiger partial charge in [0.05, 0.1) is 11.8 Å². The average molecular weight is 344 g/mol. The molecule has 0 aliphatic heterocycles. The molecule has 0 spiro atoms. The molecule has 3 aromatic carbocycles. The van der Waals surface area contributed by atoms with Crippen molar-refractivity contribution in [2.45, 2.75) is 0 Å². The number of phenolic OH excluding ortho intramolecular Hbond substituents is 1. The van der Waals surface area contributed by atoms with Gasteiger partial charge in [-0.1, -0.05) is 48.4 Å². The Morgan fingerprint density at radius 1 is 1.15 bits per heavy atom. The second-order valence-corrected chi connectivity index (χ2v) is 5.41. The molecule has 3 rings (SSSR count). The molecule has 1 amide bonds. The van der Waals surface area contributed by atoms with Crippen LogP contribution in [0.25, 0.3) is 10.8 Å². The van der Waals surface area contributed by atoms with Crippen molar-refractivity contribution >= 4 is 22.9 Å². The van der Waals surface area contributed by atoms with Crippen molar-refractivity contribution in [3.63, 3.8) is 0 Å². The largest absolute Gasteiger partial charge is 0.507 e. The first kappa shape index (κ1) is 17.1. The lowest BCUT2D eigenvalue weighted by molar-refractivity contribution is 0.0952. The molecule has 0 aliphatic carbocycles. The van der Waals surface area contributed by atoms with Crippen molar-refractivity contribution in [2.75, 3.05) is 6.61 Å². The highest BCUT2D eigenvalue weighted by atomic mass is 16.5. The fourth-order valence-corrected chi connectivity index (χ4v) is 2.54. The molecule has 0 radical (unpaired) electrons. The second-order valence-electron chi connectivity index (χ2n) is 5.41. The molecule has 2 N–H and O–H groups in total. The normalized spacial score (nSPS) is 10.6. The Morgan fingerprint density at radius 2 is 1.92 bits per heavy atom. The highest BCUT2D eigenvalue weighted by Crippen LogP contribution is 2.26. The summed E-state index contributed by atoms with van der Waals surface area (Å²) in [5, 5.41) is 15.7. The van der Waals surface area contributed by atoms with Crippen LogP contribution in [0.15, 0.2) is 65.8 Å². The lowest BCUT2D eigenvalue weighted by Crippen LogP contribution is -2.17. The van der Waals surface area contributed by atoms with Crippen molar-refractivity contribution in [3.05, 3.63) is 71.8 Å². The number of aromatic hydroxyl groups is 1. The zero-order chi connectivity index (χ0) is 18.4. The van der Waals surface area contributed by atoms with Crippen LogP contribution in [0.5, 0.6) is 11.5 Å². The van der Waals surface area contributed by atoms with Crippen LogP contribution in [0.1, 0.15) is 15.9 Å². The number of hydrogen-bond acceptors (Lipinski definition) is 4. The third-order valence-corrected chi connectivity index (χ3v) is 3.75. The number of hydrazone groups is 1. The van der Waals surface area contributed by atoms with Gasteiger partial charge in [-0.15, -0.1) is 6.42 Å². The molecule has 3 aromatic rings. The highest BCUT2D eigenvalue weighted by molar-refractivity contribution is 6.03.